The fourth-order valence-corrected chi connectivity index (χ4v) is 7.08. The molecule has 4 nitrogen and oxygen atoms in total. The number of nitrogens with zero attached hydrogens (tertiary/aromatic N) is 3. The molecule has 0 N–H and O–H groups in total. The number of para-hydroxylation sites is 1. The molecule has 0 radical (unpaired) electrons. The topological polar surface area (TPSA) is 47.8 Å². The maximum absolute atomic E-state index is 13.2. The predicted octanol–water partition coefficient (Wildman–Crippen LogP) is 4.45. The molecule has 0 amide bonds. The lowest BCUT2D eigenvalue weighted by Gasteiger charge is -2.56. The van der Waals surface area contributed by atoms with E-state index in [-0.39, 0.29) is 5.41 Å². The van der Waals surface area contributed by atoms with Gasteiger partial charge >= 0.3 is 0 Å². The first-order chi connectivity index (χ1) is 12.6. The second kappa shape index (κ2) is 6.22. The van der Waals surface area contributed by atoms with Crippen LogP contribution in [0, 0.1) is 30.1 Å². The van der Waals surface area contributed by atoms with Gasteiger partial charge in [0.05, 0.1) is 5.75 Å². The summed E-state index contributed by atoms with van der Waals surface area (Å²) in [5.74, 6) is 4.28. The van der Waals surface area contributed by atoms with Crippen LogP contribution in [0.3, 0.4) is 0 Å². The zero-order valence-electron chi connectivity index (χ0n) is 15.2. The summed E-state index contributed by atoms with van der Waals surface area (Å²) in [5, 5.41) is 9.40. The number of ketones is 1. The Hall–Kier alpha value is -1.62. The summed E-state index contributed by atoms with van der Waals surface area (Å²) in [6.07, 6.45) is 7.55. The average molecular weight is 368 g/mol. The van der Waals surface area contributed by atoms with Gasteiger partial charge in [0, 0.05) is 11.1 Å². The van der Waals surface area contributed by atoms with E-state index < -0.39 is 0 Å². The number of carbonyl (C=O) groups excluding carboxylic acids is 1. The number of aromatic nitrogens is 3. The van der Waals surface area contributed by atoms with E-state index in [0.29, 0.717) is 11.5 Å². The molecule has 0 atom stereocenters. The van der Waals surface area contributed by atoms with Crippen LogP contribution in [0.15, 0.2) is 35.5 Å². The van der Waals surface area contributed by atoms with Crippen molar-refractivity contribution in [2.75, 3.05) is 5.75 Å². The first-order valence-electron chi connectivity index (χ1n) is 9.76. The molecule has 4 aliphatic rings. The van der Waals surface area contributed by atoms with Crippen LogP contribution in [0.1, 0.15) is 44.3 Å². The van der Waals surface area contributed by atoms with Crippen molar-refractivity contribution in [2.45, 2.75) is 50.6 Å². The highest BCUT2D eigenvalue weighted by Crippen LogP contribution is 2.60. The van der Waals surface area contributed by atoms with Crippen molar-refractivity contribution in [2.24, 2.45) is 23.2 Å². The minimum Gasteiger partial charge on any atom is -0.298 e. The third-order valence-electron chi connectivity index (χ3n) is 6.77. The summed E-state index contributed by atoms with van der Waals surface area (Å²) in [6.45, 7) is 1.96. The number of rotatable bonds is 5. The fourth-order valence-electron chi connectivity index (χ4n) is 6.05. The van der Waals surface area contributed by atoms with Crippen LogP contribution in [0.25, 0.3) is 5.69 Å². The third kappa shape index (κ3) is 2.72. The molecule has 0 unspecified atom stereocenters. The van der Waals surface area contributed by atoms with E-state index >= 15 is 0 Å². The van der Waals surface area contributed by atoms with Crippen molar-refractivity contribution < 1.29 is 4.79 Å². The number of carbonyl (C=O) groups is 1. The summed E-state index contributed by atoms with van der Waals surface area (Å²) in [4.78, 5) is 13.2. The molecular formula is C21H25N3OS. The highest BCUT2D eigenvalue weighted by molar-refractivity contribution is 7.99. The van der Waals surface area contributed by atoms with Gasteiger partial charge in [0.15, 0.2) is 5.16 Å². The summed E-state index contributed by atoms with van der Waals surface area (Å²) in [7, 11) is 0. The van der Waals surface area contributed by atoms with Gasteiger partial charge in [-0.25, -0.2) is 0 Å². The molecule has 26 heavy (non-hydrogen) atoms. The number of thioether (sulfide) groups is 1. The first kappa shape index (κ1) is 16.5. The second-order valence-corrected chi connectivity index (χ2v) is 9.55. The second-order valence-electron chi connectivity index (χ2n) is 8.61. The highest BCUT2D eigenvalue weighted by Gasteiger charge is 2.54. The highest BCUT2D eigenvalue weighted by atomic mass is 32.2. The zero-order chi connectivity index (χ0) is 17.7. The Kier molecular flexibility index (Phi) is 3.96. The minimum atomic E-state index is -0.0195. The Bertz CT molecular complexity index is 794. The molecule has 1 aromatic heterocycles. The minimum absolute atomic E-state index is 0.0195. The maximum atomic E-state index is 13.2. The van der Waals surface area contributed by atoms with E-state index in [1.165, 1.54) is 19.3 Å². The molecule has 0 saturated heterocycles. The number of hydrogen-bond acceptors (Lipinski definition) is 4. The fraction of sp³-hybridized carbons (Fsp3) is 0.571. The summed E-state index contributed by atoms with van der Waals surface area (Å²) in [6, 6.07) is 10.2. The van der Waals surface area contributed by atoms with Crippen LogP contribution >= 0.6 is 11.8 Å². The van der Waals surface area contributed by atoms with Gasteiger partial charge in [-0.1, -0.05) is 30.0 Å². The van der Waals surface area contributed by atoms with Gasteiger partial charge in [0.25, 0.3) is 0 Å². The Labute approximate surface area is 158 Å². The number of hydrogen-bond donors (Lipinski definition) is 0. The lowest BCUT2D eigenvalue weighted by Crippen LogP contribution is -2.50. The maximum Gasteiger partial charge on any atom is 0.196 e. The van der Waals surface area contributed by atoms with Crippen molar-refractivity contribution >= 4 is 17.5 Å². The normalized spacial score (nSPS) is 32.1. The van der Waals surface area contributed by atoms with Crippen LogP contribution < -0.4 is 0 Å². The van der Waals surface area contributed by atoms with E-state index in [4.69, 9.17) is 0 Å². The predicted molar refractivity (Wildman–Crippen MR) is 102 cm³/mol. The lowest BCUT2D eigenvalue weighted by molar-refractivity contribution is -0.141. The summed E-state index contributed by atoms with van der Waals surface area (Å²) in [5.41, 5.74) is 1.04. The number of Topliss-reactive ketones (excluding diaryl/α,β-unsaturated/α-hetero) is 1. The molecule has 6 rings (SSSR count). The van der Waals surface area contributed by atoms with Crippen molar-refractivity contribution in [3.8, 4) is 5.69 Å². The van der Waals surface area contributed by atoms with Crippen molar-refractivity contribution in [3.05, 3.63) is 36.2 Å². The number of aryl methyl sites for hydroxylation is 1. The Balaban J connectivity index is 1.34. The van der Waals surface area contributed by atoms with Gasteiger partial charge in [-0.15, -0.1) is 10.2 Å². The SMILES string of the molecule is Cc1nnc(SCC(=O)C23CC4CC(CC(C4)C2)C3)n1-c1ccccc1. The Morgan fingerprint density at radius 2 is 1.69 bits per heavy atom. The number of benzene rings is 1. The standard InChI is InChI=1S/C21H25N3OS/c1-14-22-23-20(24(14)18-5-3-2-4-6-18)26-13-19(25)21-10-15-7-16(11-21)9-17(8-15)12-21/h2-6,15-17H,7-13H2,1H3. The monoisotopic (exact) mass is 367 g/mol. The van der Waals surface area contributed by atoms with Crippen LogP contribution in [0.5, 0.6) is 0 Å². The van der Waals surface area contributed by atoms with Crippen LogP contribution in [0.4, 0.5) is 0 Å². The van der Waals surface area contributed by atoms with Crippen molar-refractivity contribution in [1.29, 1.82) is 0 Å². The molecule has 4 saturated carbocycles. The van der Waals surface area contributed by atoms with Gasteiger partial charge in [-0.2, -0.15) is 0 Å². The van der Waals surface area contributed by atoms with Gasteiger partial charge in [0.1, 0.15) is 11.6 Å². The summed E-state index contributed by atoms with van der Waals surface area (Å²) < 4.78 is 2.05. The molecule has 1 aromatic carbocycles. The van der Waals surface area contributed by atoms with Gasteiger partial charge in [0.2, 0.25) is 0 Å². The first-order valence-corrected chi connectivity index (χ1v) is 10.7. The molecule has 2 aromatic rings. The quantitative estimate of drug-likeness (QED) is 0.733. The van der Waals surface area contributed by atoms with E-state index in [2.05, 4.69) is 26.9 Å². The van der Waals surface area contributed by atoms with E-state index in [1.54, 1.807) is 11.8 Å². The van der Waals surface area contributed by atoms with E-state index in [9.17, 15) is 4.79 Å². The summed E-state index contributed by atoms with van der Waals surface area (Å²) >= 11 is 1.56. The van der Waals surface area contributed by atoms with Crippen molar-refractivity contribution in [3.63, 3.8) is 0 Å². The van der Waals surface area contributed by atoms with Crippen LogP contribution in [-0.4, -0.2) is 26.3 Å². The van der Waals surface area contributed by atoms with E-state index in [1.807, 2.05) is 25.1 Å². The third-order valence-corrected chi connectivity index (χ3v) is 7.70. The van der Waals surface area contributed by atoms with E-state index in [0.717, 1.165) is 53.7 Å². The van der Waals surface area contributed by atoms with Crippen molar-refractivity contribution in [1.82, 2.24) is 14.8 Å². The van der Waals surface area contributed by atoms with Crippen LogP contribution in [-0.2, 0) is 4.79 Å². The molecule has 4 bridgehead atoms. The zero-order valence-corrected chi connectivity index (χ0v) is 16.0. The molecular weight excluding hydrogens is 342 g/mol. The Morgan fingerprint density at radius 3 is 2.31 bits per heavy atom. The van der Waals surface area contributed by atoms with Gasteiger partial charge < -0.3 is 0 Å². The van der Waals surface area contributed by atoms with Gasteiger partial charge in [-0.05, 0) is 75.3 Å². The van der Waals surface area contributed by atoms with Crippen LogP contribution in [0.2, 0.25) is 0 Å². The molecule has 4 aliphatic carbocycles. The smallest absolute Gasteiger partial charge is 0.196 e. The molecule has 5 heteroatoms. The average Bonchev–Trinajstić information content (AvgIpc) is 3.00. The molecule has 0 aliphatic heterocycles. The lowest BCUT2D eigenvalue weighted by atomic mass is 9.48. The molecule has 136 valence electrons. The van der Waals surface area contributed by atoms with Gasteiger partial charge in [-0.3, -0.25) is 9.36 Å². The largest absolute Gasteiger partial charge is 0.298 e. The molecule has 4 fully saturated rings. The Morgan fingerprint density at radius 1 is 1.08 bits per heavy atom. The molecule has 1 heterocycles. The molecule has 0 spiro atoms.